The maximum absolute atomic E-state index is 2.56. The molecule has 5 atom stereocenters. The summed E-state index contributed by atoms with van der Waals surface area (Å²) in [6, 6.07) is 0. The highest BCUT2D eigenvalue weighted by atomic mass is 14.3. The molecule has 0 aliphatic heterocycles. The summed E-state index contributed by atoms with van der Waals surface area (Å²) in [6.45, 7) is 31.7. The summed E-state index contributed by atoms with van der Waals surface area (Å²) in [5, 5.41) is 0. The third kappa shape index (κ3) is 15.8. The van der Waals surface area contributed by atoms with Crippen LogP contribution in [-0.4, -0.2) is 0 Å². The van der Waals surface area contributed by atoms with Crippen LogP contribution in [0.2, 0.25) is 0 Å². The molecule has 5 unspecified atom stereocenters. The molecule has 198 valence electrons. The average molecular weight is 455 g/mol. The van der Waals surface area contributed by atoms with E-state index in [1.54, 1.807) is 0 Å². The van der Waals surface area contributed by atoms with Crippen molar-refractivity contribution in [1.29, 1.82) is 0 Å². The van der Waals surface area contributed by atoms with Gasteiger partial charge in [-0.05, 0) is 66.6 Å². The fourth-order valence-corrected chi connectivity index (χ4v) is 5.95. The van der Waals surface area contributed by atoms with Crippen LogP contribution in [0.25, 0.3) is 0 Å². The first-order chi connectivity index (χ1) is 15.3. The van der Waals surface area contributed by atoms with Gasteiger partial charge in [0.25, 0.3) is 0 Å². The molecule has 1 rings (SSSR count). The Kier molecular flexibility index (Phi) is 27.6. The van der Waals surface area contributed by atoms with Gasteiger partial charge in [0, 0.05) is 0 Å². The average Bonchev–Trinajstić information content (AvgIpc) is 2.81. The van der Waals surface area contributed by atoms with Crippen molar-refractivity contribution in [2.24, 2.45) is 47.3 Å². The lowest BCUT2D eigenvalue weighted by atomic mass is 9.71. The van der Waals surface area contributed by atoms with Crippen molar-refractivity contribution in [2.75, 3.05) is 0 Å². The molecular weight excluding hydrogens is 384 g/mol. The molecule has 0 heterocycles. The fourth-order valence-electron chi connectivity index (χ4n) is 5.95. The number of hydrogen-bond donors (Lipinski definition) is 0. The van der Waals surface area contributed by atoms with Crippen LogP contribution < -0.4 is 0 Å². The van der Waals surface area contributed by atoms with E-state index in [1.165, 1.54) is 64.2 Å². The Morgan fingerprint density at radius 2 is 1.19 bits per heavy atom. The summed E-state index contributed by atoms with van der Waals surface area (Å²) in [5.74, 6) is 7.46. The van der Waals surface area contributed by atoms with E-state index in [9.17, 15) is 0 Å². The van der Waals surface area contributed by atoms with Crippen LogP contribution in [0.5, 0.6) is 0 Å². The summed E-state index contributed by atoms with van der Waals surface area (Å²) in [4.78, 5) is 0. The lowest BCUT2D eigenvalue weighted by Crippen LogP contribution is -2.24. The second-order valence-corrected chi connectivity index (χ2v) is 10.6. The predicted molar refractivity (Wildman–Crippen MR) is 154 cm³/mol. The molecule has 0 saturated heterocycles. The molecule has 0 bridgehead atoms. The van der Waals surface area contributed by atoms with Gasteiger partial charge < -0.3 is 0 Å². The number of rotatable bonds is 12. The van der Waals surface area contributed by atoms with Crippen LogP contribution >= 0.6 is 0 Å². The second kappa shape index (κ2) is 24.1. The van der Waals surface area contributed by atoms with Crippen molar-refractivity contribution >= 4 is 0 Å². The van der Waals surface area contributed by atoms with E-state index < -0.39 is 0 Å². The topological polar surface area (TPSA) is 0 Å². The smallest absolute Gasteiger partial charge is 0.0365 e. The van der Waals surface area contributed by atoms with E-state index in [1.807, 2.05) is 41.5 Å². The molecule has 0 aromatic heterocycles. The van der Waals surface area contributed by atoms with Crippen molar-refractivity contribution < 1.29 is 0 Å². The van der Waals surface area contributed by atoms with Crippen LogP contribution in [0.15, 0.2) is 0 Å². The lowest BCUT2D eigenvalue weighted by Gasteiger charge is -2.35. The first kappa shape index (κ1) is 36.6. The van der Waals surface area contributed by atoms with E-state index in [0.717, 1.165) is 47.3 Å². The van der Waals surface area contributed by atoms with Crippen LogP contribution in [0.3, 0.4) is 0 Å². The van der Waals surface area contributed by atoms with Gasteiger partial charge in [-0.15, -0.1) is 0 Å². The van der Waals surface area contributed by atoms with E-state index in [4.69, 9.17) is 0 Å². The van der Waals surface area contributed by atoms with Gasteiger partial charge in [-0.1, -0.05) is 142 Å². The quantitative estimate of drug-likeness (QED) is 0.275. The molecule has 1 aliphatic rings. The molecule has 1 fully saturated rings. The Morgan fingerprint density at radius 1 is 0.688 bits per heavy atom. The van der Waals surface area contributed by atoms with Crippen molar-refractivity contribution in [3.05, 3.63) is 0 Å². The SMILES string of the molecule is CC.CC.CC.CCCC(CC(C)CCC(C)C(C)C1CCC(C)CC1)C(CC)C(C)C. The molecule has 1 saturated carbocycles. The van der Waals surface area contributed by atoms with Gasteiger partial charge in [0.05, 0.1) is 0 Å². The Labute approximate surface area is 208 Å². The first-order valence-electron chi connectivity index (χ1n) is 15.3. The minimum Gasteiger partial charge on any atom is -0.0683 e. The number of hydrogen-bond acceptors (Lipinski definition) is 0. The highest BCUT2D eigenvalue weighted by Gasteiger charge is 2.28. The lowest BCUT2D eigenvalue weighted by molar-refractivity contribution is 0.159. The summed E-state index contributed by atoms with van der Waals surface area (Å²) in [6.07, 6.45) is 14.5. The van der Waals surface area contributed by atoms with Gasteiger partial charge in [0.1, 0.15) is 0 Å². The maximum Gasteiger partial charge on any atom is -0.0365 e. The van der Waals surface area contributed by atoms with Crippen molar-refractivity contribution in [1.82, 2.24) is 0 Å². The van der Waals surface area contributed by atoms with Crippen molar-refractivity contribution in [3.8, 4) is 0 Å². The zero-order chi connectivity index (χ0) is 25.7. The Balaban J connectivity index is -0.00000129. The fraction of sp³-hybridized carbons (Fsp3) is 1.00. The molecule has 1 aliphatic carbocycles. The molecule has 0 amide bonds. The highest BCUT2D eigenvalue weighted by Crippen LogP contribution is 2.39. The van der Waals surface area contributed by atoms with E-state index in [-0.39, 0.29) is 0 Å². The van der Waals surface area contributed by atoms with Gasteiger partial charge >= 0.3 is 0 Å². The molecular formula is C32H70. The summed E-state index contributed by atoms with van der Waals surface area (Å²) < 4.78 is 0. The molecule has 32 heavy (non-hydrogen) atoms. The highest BCUT2D eigenvalue weighted by molar-refractivity contribution is 4.78. The molecule has 0 heteroatoms. The summed E-state index contributed by atoms with van der Waals surface area (Å²) >= 11 is 0. The van der Waals surface area contributed by atoms with Crippen LogP contribution in [-0.2, 0) is 0 Å². The van der Waals surface area contributed by atoms with Gasteiger partial charge in [0.15, 0.2) is 0 Å². The van der Waals surface area contributed by atoms with E-state index >= 15 is 0 Å². The molecule has 0 aromatic carbocycles. The molecule has 0 radical (unpaired) electrons. The Hall–Kier alpha value is 0. The normalized spacial score (nSPS) is 22.6. The van der Waals surface area contributed by atoms with Crippen LogP contribution in [0.1, 0.15) is 161 Å². The van der Waals surface area contributed by atoms with Gasteiger partial charge in [-0.2, -0.15) is 0 Å². The van der Waals surface area contributed by atoms with Gasteiger partial charge in [-0.3, -0.25) is 0 Å². The van der Waals surface area contributed by atoms with E-state index in [2.05, 4.69) is 55.4 Å². The van der Waals surface area contributed by atoms with Crippen LogP contribution in [0.4, 0.5) is 0 Å². The predicted octanol–water partition coefficient (Wildman–Crippen LogP) is 12.1. The maximum atomic E-state index is 2.56. The van der Waals surface area contributed by atoms with Crippen molar-refractivity contribution in [3.63, 3.8) is 0 Å². The standard InChI is InChI=1S/C26H52.3C2H6/c1-9-11-25(26(10-2)19(3)4)18-21(6)12-15-22(7)23(8)24-16-13-20(5)14-17-24;3*1-2/h19-26H,9-18H2,1-8H3;3*1-2H3. The zero-order valence-corrected chi connectivity index (χ0v) is 25.7. The minimum absolute atomic E-state index is 0.844. The van der Waals surface area contributed by atoms with Gasteiger partial charge in [-0.25, -0.2) is 0 Å². The summed E-state index contributed by atoms with van der Waals surface area (Å²) in [5.41, 5.74) is 0. The largest absolute Gasteiger partial charge is 0.0683 e. The van der Waals surface area contributed by atoms with Gasteiger partial charge in [0.2, 0.25) is 0 Å². The second-order valence-electron chi connectivity index (χ2n) is 10.6. The monoisotopic (exact) mass is 455 g/mol. The minimum atomic E-state index is 0.844. The zero-order valence-electron chi connectivity index (χ0n) is 25.7. The molecule has 0 N–H and O–H groups in total. The van der Waals surface area contributed by atoms with E-state index in [0.29, 0.717) is 0 Å². The third-order valence-corrected chi connectivity index (χ3v) is 8.11. The Bertz CT molecular complexity index is 336. The molecule has 0 spiro atoms. The third-order valence-electron chi connectivity index (χ3n) is 8.11. The first-order valence-corrected chi connectivity index (χ1v) is 15.3. The Morgan fingerprint density at radius 3 is 1.59 bits per heavy atom. The molecule has 0 nitrogen and oxygen atoms in total. The van der Waals surface area contributed by atoms with Crippen molar-refractivity contribution in [2.45, 2.75) is 161 Å². The molecule has 0 aromatic rings. The summed E-state index contributed by atoms with van der Waals surface area (Å²) in [7, 11) is 0. The van der Waals surface area contributed by atoms with Crippen LogP contribution in [0, 0.1) is 47.3 Å².